The van der Waals surface area contributed by atoms with Gasteiger partial charge in [0, 0.05) is 5.56 Å². The monoisotopic (exact) mass is 285 g/mol. The van der Waals surface area contributed by atoms with Crippen LogP contribution in [0.3, 0.4) is 0 Å². The number of rotatable bonds is 4. The van der Waals surface area contributed by atoms with Gasteiger partial charge in [0.05, 0.1) is 11.7 Å². The summed E-state index contributed by atoms with van der Waals surface area (Å²) in [7, 11) is 0. The van der Waals surface area contributed by atoms with Gasteiger partial charge in [-0.05, 0) is 43.2 Å². The summed E-state index contributed by atoms with van der Waals surface area (Å²) in [5.74, 6) is 0.0828. The summed E-state index contributed by atoms with van der Waals surface area (Å²) in [4.78, 5) is 0. The van der Waals surface area contributed by atoms with E-state index in [0.29, 0.717) is 11.3 Å². The van der Waals surface area contributed by atoms with Crippen LogP contribution in [0.15, 0.2) is 36.4 Å². The molecule has 0 spiro atoms. The second kappa shape index (κ2) is 6.38. The van der Waals surface area contributed by atoms with Crippen molar-refractivity contribution in [2.75, 3.05) is 0 Å². The van der Waals surface area contributed by atoms with E-state index in [-0.39, 0.29) is 12.2 Å². The van der Waals surface area contributed by atoms with Crippen LogP contribution in [0.4, 0.5) is 4.39 Å². The van der Waals surface area contributed by atoms with E-state index in [4.69, 9.17) is 10.00 Å². The molecule has 0 saturated carbocycles. The number of hydrogen-bond donors (Lipinski definition) is 1. The van der Waals surface area contributed by atoms with E-state index in [2.05, 4.69) is 0 Å². The zero-order chi connectivity index (χ0) is 15.4. The molecule has 0 amide bonds. The lowest BCUT2D eigenvalue weighted by molar-refractivity contribution is 0.199. The van der Waals surface area contributed by atoms with Crippen LogP contribution in [0, 0.1) is 24.1 Å². The molecule has 0 saturated heterocycles. The van der Waals surface area contributed by atoms with Gasteiger partial charge in [-0.25, -0.2) is 4.39 Å². The van der Waals surface area contributed by atoms with Gasteiger partial charge in [0.2, 0.25) is 0 Å². The van der Waals surface area contributed by atoms with Crippen molar-refractivity contribution in [1.82, 2.24) is 0 Å². The highest BCUT2D eigenvalue weighted by Gasteiger charge is 2.10. The van der Waals surface area contributed by atoms with E-state index in [1.165, 1.54) is 6.07 Å². The Morgan fingerprint density at radius 1 is 1.33 bits per heavy atom. The largest absolute Gasteiger partial charge is 0.489 e. The predicted molar refractivity (Wildman–Crippen MR) is 77.3 cm³/mol. The van der Waals surface area contributed by atoms with Gasteiger partial charge < -0.3 is 9.84 Å². The van der Waals surface area contributed by atoms with Gasteiger partial charge >= 0.3 is 0 Å². The van der Waals surface area contributed by atoms with Gasteiger partial charge in [-0.3, -0.25) is 0 Å². The number of benzene rings is 2. The normalized spacial score (nSPS) is 11.8. The maximum absolute atomic E-state index is 13.9. The highest BCUT2D eigenvalue weighted by atomic mass is 19.1. The van der Waals surface area contributed by atoms with Crippen molar-refractivity contribution in [3.8, 4) is 11.8 Å². The van der Waals surface area contributed by atoms with Gasteiger partial charge in [0.1, 0.15) is 24.2 Å². The standard InChI is InChI=1S/C17H16FNO2/c1-11-8-13(12(2)20)6-7-16(11)21-10-15-5-3-4-14(9-19)17(15)18/h3-8,12,20H,10H2,1-2H3. The zero-order valence-electron chi connectivity index (χ0n) is 11.9. The van der Waals surface area contributed by atoms with Crippen molar-refractivity contribution >= 4 is 0 Å². The fraction of sp³-hybridized carbons (Fsp3) is 0.235. The van der Waals surface area contributed by atoms with E-state index in [1.807, 2.05) is 13.0 Å². The topological polar surface area (TPSA) is 53.2 Å². The summed E-state index contributed by atoms with van der Waals surface area (Å²) in [5, 5.41) is 18.3. The van der Waals surface area contributed by atoms with Crippen LogP contribution in [0.25, 0.3) is 0 Å². The van der Waals surface area contributed by atoms with Crippen molar-refractivity contribution in [3.05, 3.63) is 64.5 Å². The highest BCUT2D eigenvalue weighted by Crippen LogP contribution is 2.24. The molecular weight excluding hydrogens is 269 g/mol. The molecule has 4 heteroatoms. The third-order valence-corrected chi connectivity index (χ3v) is 3.26. The average Bonchev–Trinajstić information content (AvgIpc) is 2.47. The summed E-state index contributed by atoms with van der Waals surface area (Å²) in [6.07, 6.45) is -0.539. The number of halogens is 1. The first-order chi connectivity index (χ1) is 10.0. The summed E-state index contributed by atoms with van der Waals surface area (Å²) < 4.78 is 19.5. The number of aliphatic hydroxyl groups is 1. The second-order valence-electron chi connectivity index (χ2n) is 4.88. The fourth-order valence-electron chi connectivity index (χ4n) is 2.03. The molecule has 0 fully saturated rings. The number of ether oxygens (including phenoxy) is 1. The molecule has 0 aromatic heterocycles. The SMILES string of the molecule is Cc1cc(C(C)O)ccc1OCc1cccc(C#N)c1F. The minimum atomic E-state index is -0.543. The minimum absolute atomic E-state index is 0.0114. The Balaban J connectivity index is 2.16. The first kappa shape index (κ1) is 15.0. The zero-order valence-corrected chi connectivity index (χ0v) is 11.9. The number of hydrogen-bond acceptors (Lipinski definition) is 3. The molecule has 1 N–H and O–H groups in total. The van der Waals surface area contributed by atoms with Crippen molar-refractivity contribution < 1.29 is 14.2 Å². The molecule has 0 heterocycles. The second-order valence-corrected chi connectivity index (χ2v) is 4.88. The van der Waals surface area contributed by atoms with Crippen molar-refractivity contribution in [2.45, 2.75) is 26.6 Å². The van der Waals surface area contributed by atoms with Crippen LogP contribution < -0.4 is 4.74 Å². The lowest BCUT2D eigenvalue weighted by Gasteiger charge is -2.12. The van der Waals surface area contributed by atoms with Gasteiger partial charge in [-0.2, -0.15) is 5.26 Å². The summed E-state index contributed by atoms with van der Waals surface area (Å²) in [6.45, 7) is 3.61. The van der Waals surface area contributed by atoms with Gasteiger partial charge in [0.25, 0.3) is 0 Å². The predicted octanol–water partition coefficient (Wildman–Crippen LogP) is 3.64. The number of aryl methyl sites for hydroxylation is 1. The fourth-order valence-corrected chi connectivity index (χ4v) is 2.03. The van der Waals surface area contributed by atoms with Crippen molar-refractivity contribution in [3.63, 3.8) is 0 Å². The lowest BCUT2D eigenvalue weighted by atomic mass is 10.1. The van der Waals surface area contributed by atoms with Crippen molar-refractivity contribution in [2.24, 2.45) is 0 Å². The third-order valence-electron chi connectivity index (χ3n) is 3.26. The van der Waals surface area contributed by atoms with E-state index in [0.717, 1.165) is 11.1 Å². The molecule has 3 nitrogen and oxygen atoms in total. The molecule has 0 bridgehead atoms. The molecule has 0 aliphatic carbocycles. The smallest absolute Gasteiger partial charge is 0.147 e. The Hall–Kier alpha value is -2.38. The molecule has 2 aromatic rings. The Kier molecular flexibility index (Phi) is 4.56. The maximum Gasteiger partial charge on any atom is 0.147 e. The molecule has 1 unspecified atom stereocenters. The van der Waals surface area contributed by atoms with Gasteiger partial charge in [-0.1, -0.05) is 18.2 Å². The summed E-state index contributed by atoms with van der Waals surface area (Å²) in [5.41, 5.74) is 2.02. The quantitative estimate of drug-likeness (QED) is 0.933. The van der Waals surface area contributed by atoms with Crippen molar-refractivity contribution in [1.29, 1.82) is 5.26 Å². The molecule has 1 atom stereocenters. The Bertz CT molecular complexity index is 690. The number of aliphatic hydroxyl groups excluding tert-OH is 1. The van der Waals surface area contributed by atoms with Gasteiger partial charge in [-0.15, -0.1) is 0 Å². The lowest BCUT2D eigenvalue weighted by Crippen LogP contribution is -2.02. The van der Waals surface area contributed by atoms with E-state index >= 15 is 0 Å². The first-order valence-corrected chi connectivity index (χ1v) is 6.62. The van der Waals surface area contributed by atoms with Crippen LogP contribution in [-0.4, -0.2) is 5.11 Å². The number of nitriles is 1. The van der Waals surface area contributed by atoms with Crippen LogP contribution in [0.1, 0.15) is 35.3 Å². The molecule has 2 aromatic carbocycles. The summed E-state index contributed by atoms with van der Waals surface area (Å²) in [6, 6.07) is 11.8. The molecular formula is C17H16FNO2. The molecule has 108 valence electrons. The van der Waals surface area contributed by atoms with Crippen LogP contribution in [0.5, 0.6) is 5.75 Å². The molecule has 0 radical (unpaired) electrons. The van der Waals surface area contributed by atoms with Crippen LogP contribution >= 0.6 is 0 Å². The Labute approximate surface area is 123 Å². The van der Waals surface area contributed by atoms with E-state index in [1.54, 1.807) is 37.3 Å². The van der Waals surface area contributed by atoms with Gasteiger partial charge in [0.15, 0.2) is 0 Å². The Morgan fingerprint density at radius 3 is 2.71 bits per heavy atom. The van der Waals surface area contributed by atoms with Crippen LogP contribution in [0.2, 0.25) is 0 Å². The van der Waals surface area contributed by atoms with Crippen LogP contribution in [-0.2, 0) is 6.61 Å². The molecule has 2 rings (SSSR count). The number of nitrogens with zero attached hydrogens (tertiary/aromatic N) is 1. The minimum Gasteiger partial charge on any atom is -0.489 e. The third kappa shape index (κ3) is 3.39. The van der Waals surface area contributed by atoms with E-state index in [9.17, 15) is 9.50 Å². The Morgan fingerprint density at radius 2 is 2.10 bits per heavy atom. The first-order valence-electron chi connectivity index (χ1n) is 6.62. The molecule has 0 aliphatic heterocycles. The maximum atomic E-state index is 13.9. The summed E-state index contributed by atoms with van der Waals surface area (Å²) >= 11 is 0. The van der Waals surface area contributed by atoms with E-state index < -0.39 is 11.9 Å². The molecule has 21 heavy (non-hydrogen) atoms. The average molecular weight is 285 g/mol. The highest BCUT2D eigenvalue weighted by molar-refractivity contribution is 5.38. The molecule has 0 aliphatic rings.